The first-order chi connectivity index (χ1) is 21.2. The van der Waals surface area contributed by atoms with Crippen molar-refractivity contribution in [1.29, 1.82) is 0 Å². The van der Waals surface area contributed by atoms with Gasteiger partial charge in [-0.3, -0.25) is 4.52 Å². The van der Waals surface area contributed by atoms with Crippen LogP contribution in [-0.4, -0.2) is 75.3 Å². The normalized spacial score (nSPS) is 16.6. The third-order valence-electron chi connectivity index (χ3n) is 7.76. The van der Waals surface area contributed by atoms with Crippen LogP contribution < -0.4 is 4.74 Å². The van der Waals surface area contributed by atoms with Crippen molar-refractivity contribution in [2.45, 2.75) is 89.6 Å². The lowest BCUT2D eigenvalue weighted by molar-refractivity contribution is -0.0560. The van der Waals surface area contributed by atoms with Gasteiger partial charge in [-0.05, 0) is 89.6 Å². The van der Waals surface area contributed by atoms with E-state index in [0.29, 0.717) is 5.75 Å². The first-order valence-corrected chi connectivity index (χ1v) is 16.7. The summed E-state index contributed by atoms with van der Waals surface area (Å²) >= 11 is 0. The second-order valence-corrected chi connectivity index (χ2v) is 13.0. The summed E-state index contributed by atoms with van der Waals surface area (Å²) in [4.78, 5) is 26.5. The number of benzene rings is 1. The van der Waals surface area contributed by atoms with Crippen LogP contribution in [-0.2, 0) is 50.2 Å². The topological polar surface area (TPSA) is 133 Å². The number of carbonyl (C=O) groups is 2. The summed E-state index contributed by atoms with van der Waals surface area (Å²) in [7, 11) is 1.14. The summed E-state index contributed by atoms with van der Waals surface area (Å²) in [6, 6.07) is 5.68. The second-order valence-electron chi connectivity index (χ2n) is 11.3. The zero-order chi connectivity index (χ0) is 31.4. The van der Waals surface area contributed by atoms with Crippen molar-refractivity contribution in [3.63, 3.8) is 0 Å². The van der Waals surface area contributed by atoms with Crippen LogP contribution in [0, 0.1) is 0 Å². The Morgan fingerprint density at radius 2 is 1.43 bits per heavy atom. The van der Waals surface area contributed by atoms with E-state index in [1.807, 2.05) is 38.5 Å². The highest BCUT2D eigenvalue weighted by Gasteiger charge is 2.30. The molecular formula is C30H45N2O11P. The maximum absolute atomic E-state index is 13.6. The molecule has 0 aliphatic heterocycles. The van der Waals surface area contributed by atoms with E-state index < -0.39 is 33.7 Å². The fourth-order valence-corrected chi connectivity index (χ4v) is 6.21. The van der Waals surface area contributed by atoms with Gasteiger partial charge in [0.25, 0.3) is 0 Å². The third-order valence-corrected chi connectivity index (χ3v) is 9.04. The van der Waals surface area contributed by atoms with Crippen molar-refractivity contribution in [3.8, 4) is 5.75 Å². The van der Waals surface area contributed by atoms with Gasteiger partial charge in [0.1, 0.15) is 24.7 Å². The number of phosphoric ester groups is 1. The SMILES string of the molecule is COc1ccc2c(CCN(C)C)cn(COP(=O)(OCOC(=O)OC3CCCCC3)OCOC(=O)OC3CCCCC3)c2c1. The van der Waals surface area contributed by atoms with Crippen molar-refractivity contribution in [1.82, 2.24) is 9.47 Å². The maximum atomic E-state index is 13.6. The summed E-state index contributed by atoms with van der Waals surface area (Å²) in [5, 5.41) is 0.982. The molecule has 0 atom stereocenters. The molecule has 2 aliphatic rings. The molecule has 2 saturated carbocycles. The van der Waals surface area contributed by atoms with Crippen molar-refractivity contribution >= 4 is 31.0 Å². The van der Waals surface area contributed by atoms with Crippen LogP contribution in [0.4, 0.5) is 9.59 Å². The number of fused-ring (bicyclic) bond motifs is 1. The Morgan fingerprint density at radius 1 is 0.864 bits per heavy atom. The van der Waals surface area contributed by atoms with E-state index >= 15 is 0 Å². The highest BCUT2D eigenvalue weighted by atomic mass is 31.2. The average molecular weight is 641 g/mol. The van der Waals surface area contributed by atoms with Gasteiger partial charge in [-0.15, -0.1) is 0 Å². The number of ether oxygens (including phenoxy) is 5. The van der Waals surface area contributed by atoms with E-state index in [4.69, 9.17) is 37.3 Å². The molecule has 14 heteroatoms. The van der Waals surface area contributed by atoms with Crippen LogP contribution in [0.2, 0.25) is 0 Å². The van der Waals surface area contributed by atoms with E-state index in [-0.39, 0.29) is 18.9 Å². The number of methoxy groups -OCH3 is 1. The van der Waals surface area contributed by atoms with Crippen LogP contribution >= 0.6 is 7.82 Å². The molecule has 2 aromatic rings. The maximum Gasteiger partial charge on any atom is 0.510 e. The number of rotatable bonds is 15. The molecule has 0 bridgehead atoms. The minimum Gasteiger partial charge on any atom is -0.497 e. The lowest BCUT2D eigenvalue weighted by Crippen LogP contribution is -2.22. The molecule has 13 nitrogen and oxygen atoms in total. The first kappa shape index (κ1) is 34.1. The lowest BCUT2D eigenvalue weighted by Gasteiger charge is -2.22. The molecule has 1 heterocycles. The van der Waals surface area contributed by atoms with Gasteiger partial charge in [0.2, 0.25) is 13.6 Å². The van der Waals surface area contributed by atoms with Crippen molar-refractivity contribution in [2.24, 2.45) is 0 Å². The quantitative estimate of drug-likeness (QED) is 0.116. The van der Waals surface area contributed by atoms with Gasteiger partial charge in [0.05, 0.1) is 12.6 Å². The Bertz CT molecular complexity index is 1210. The van der Waals surface area contributed by atoms with Gasteiger partial charge in [0.15, 0.2) is 0 Å². The number of nitrogens with zero attached hydrogens (tertiary/aromatic N) is 2. The largest absolute Gasteiger partial charge is 0.510 e. The molecule has 2 aliphatic carbocycles. The molecule has 4 rings (SSSR count). The van der Waals surface area contributed by atoms with Gasteiger partial charge in [-0.2, -0.15) is 0 Å². The van der Waals surface area contributed by atoms with Crippen molar-refractivity contribution in [2.75, 3.05) is 41.3 Å². The van der Waals surface area contributed by atoms with E-state index in [2.05, 4.69) is 4.90 Å². The minimum atomic E-state index is -4.43. The van der Waals surface area contributed by atoms with E-state index in [1.54, 1.807) is 11.7 Å². The summed E-state index contributed by atoms with van der Waals surface area (Å²) in [6.45, 7) is -0.950. The third kappa shape index (κ3) is 10.7. The highest BCUT2D eigenvalue weighted by molar-refractivity contribution is 7.48. The Hall–Kier alpha value is -2.83. The van der Waals surface area contributed by atoms with Gasteiger partial charge < -0.3 is 33.2 Å². The smallest absolute Gasteiger partial charge is 0.497 e. The number of phosphoric acid groups is 1. The zero-order valence-electron chi connectivity index (χ0n) is 25.9. The molecule has 246 valence electrons. The van der Waals surface area contributed by atoms with E-state index in [1.165, 1.54) is 0 Å². The Balaban J connectivity index is 1.40. The van der Waals surface area contributed by atoms with Gasteiger partial charge in [0, 0.05) is 24.2 Å². The molecule has 44 heavy (non-hydrogen) atoms. The molecule has 1 aromatic heterocycles. The summed E-state index contributed by atoms with van der Waals surface area (Å²) in [5.41, 5.74) is 1.84. The lowest BCUT2D eigenvalue weighted by atomic mass is 9.98. The average Bonchev–Trinajstić information content (AvgIpc) is 3.36. The molecular weight excluding hydrogens is 595 g/mol. The summed E-state index contributed by atoms with van der Waals surface area (Å²) in [6.07, 6.45) is 9.52. The van der Waals surface area contributed by atoms with Crippen molar-refractivity contribution in [3.05, 3.63) is 30.0 Å². The molecule has 0 N–H and O–H groups in total. The predicted molar refractivity (Wildman–Crippen MR) is 160 cm³/mol. The summed E-state index contributed by atoms with van der Waals surface area (Å²) < 4.78 is 57.7. The predicted octanol–water partition coefficient (Wildman–Crippen LogP) is 6.76. The number of likely N-dealkylation sites (N-methyl/N-ethyl adjacent to an activating group) is 1. The van der Waals surface area contributed by atoms with Crippen LogP contribution in [0.5, 0.6) is 5.75 Å². The number of carbonyl (C=O) groups excluding carboxylic acids is 2. The Morgan fingerprint density at radius 3 is 1.95 bits per heavy atom. The first-order valence-electron chi connectivity index (χ1n) is 15.3. The molecule has 2 fully saturated rings. The molecule has 0 unspecified atom stereocenters. The number of hydrogen-bond donors (Lipinski definition) is 0. The van der Waals surface area contributed by atoms with Crippen molar-refractivity contribution < 1.29 is 51.4 Å². The van der Waals surface area contributed by atoms with Crippen LogP contribution in [0.3, 0.4) is 0 Å². The molecule has 0 spiro atoms. The fourth-order valence-electron chi connectivity index (χ4n) is 5.35. The highest BCUT2D eigenvalue weighted by Crippen LogP contribution is 2.50. The fraction of sp³-hybridized carbons (Fsp3) is 0.667. The Kier molecular flexibility index (Phi) is 13.2. The molecule has 0 saturated heterocycles. The Labute approximate surface area is 258 Å². The van der Waals surface area contributed by atoms with E-state index in [0.717, 1.165) is 93.6 Å². The van der Waals surface area contributed by atoms with Crippen LogP contribution in [0.15, 0.2) is 24.4 Å². The van der Waals surface area contributed by atoms with Gasteiger partial charge in [-0.25, -0.2) is 23.2 Å². The number of aromatic nitrogens is 1. The van der Waals surface area contributed by atoms with E-state index in [9.17, 15) is 14.2 Å². The number of hydrogen-bond acceptors (Lipinski definition) is 12. The second kappa shape index (κ2) is 17.0. The van der Waals surface area contributed by atoms with Crippen LogP contribution in [0.25, 0.3) is 10.9 Å². The van der Waals surface area contributed by atoms with Crippen LogP contribution in [0.1, 0.15) is 69.8 Å². The summed E-state index contributed by atoms with van der Waals surface area (Å²) in [5.74, 6) is 0.640. The standard InChI is InChI=1S/C30H45N2O11P/c1-31(2)17-16-23-19-32(28-18-26(36-3)14-15-27(23)28)20-39-44(35,40-21-37-29(33)42-24-10-6-4-7-11-24)41-22-38-30(34)43-25-12-8-5-9-13-25/h14-15,18-19,24-25H,4-13,16-17,20-22H2,1-3H3. The monoisotopic (exact) mass is 640 g/mol. The molecule has 0 radical (unpaired) electrons. The minimum absolute atomic E-state index is 0.222. The molecule has 1 aromatic carbocycles. The zero-order valence-corrected chi connectivity index (χ0v) is 26.8. The van der Waals surface area contributed by atoms with Gasteiger partial charge in [-0.1, -0.05) is 12.8 Å². The molecule has 0 amide bonds. The van der Waals surface area contributed by atoms with Gasteiger partial charge >= 0.3 is 20.1 Å².